The third kappa shape index (κ3) is 5.85. The Hall–Kier alpha value is -1.39. The fraction of sp³-hybridized carbons (Fsp3) is 0.533. The van der Waals surface area contributed by atoms with Gasteiger partial charge in [0.1, 0.15) is 0 Å². The summed E-state index contributed by atoms with van der Waals surface area (Å²) in [5.74, 6) is -0.0452. The first-order chi connectivity index (χ1) is 9.00. The Bertz CT molecular complexity index is 379. The van der Waals surface area contributed by atoms with E-state index in [1.807, 2.05) is 44.2 Å². The van der Waals surface area contributed by atoms with Crippen LogP contribution in [0.5, 0.6) is 0 Å². The number of benzene rings is 1. The zero-order chi connectivity index (χ0) is 14.3. The molecule has 0 saturated heterocycles. The van der Waals surface area contributed by atoms with Crippen LogP contribution in [-0.4, -0.2) is 43.2 Å². The molecule has 1 atom stereocenters. The van der Waals surface area contributed by atoms with Crippen molar-refractivity contribution < 1.29 is 9.53 Å². The third-order valence-electron chi connectivity index (χ3n) is 2.87. The molecule has 19 heavy (non-hydrogen) atoms. The van der Waals surface area contributed by atoms with E-state index in [2.05, 4.69) is 0 Å². The molecular formula is C15H24N2O2. The molecule has 1 amide bonds. The van der Waals surface area contributed by atoms with Crippen LogP contribution < -0.4 is 5.73 Å². The first kappa shape index (κ1) is 15.7. The standard InChI is InChI=1S/C15H24N2O2/c1-12(2)19-10-9-17(3)15(18)14(16)11-13-7-5-4-6-8-13/h4-8,12,14H,9-11,16H2,1-3H3/t14-/m0/s1. The van der Waals surface area contributed by atoms with Crippen LogP contribution >= 0.6 is 0 Å². The van der Waals surface area contributed by atoms with Crippen LogP contribution in [-0.2, 0) is 16.0 Å². The highest BCUT2D eigenvalue weighted by molar-refractivity contribution is 5.81. The summed E-state index contributed by atoms with van der Waals surface area (Å²) in [7, 11) is 1.76. The Labute approximate surface area is 115 Å². The molecule has 0 bridgehead atoms. The van der Waals surface area contributed by atoms with Crippen molar-refractivity contribution in [3.8, 4) is 0 Å². The molecule has 0 aliphatic rings. The first-order valence-corrected chi connectivity index (χ1v) is 6.66. The van der Waals surface area contributed by atoms with Crippen molar-refractivity contribution in [1.29, 1.82) is 0 Å². The Kier molecular flexibility index (Phi) is 6.53. The fourth-order valence-electron chi connectivity index (χ4n) is 1.77. The molecule has 106 valence electrons. The van der Waals surface area contributed by atoms with Crippen molar-refractivity contribution in [2.45, 2.75) is 32.4 Å². The summed E-state index contributed by atoms with van der Waals surface area (Å²) in [5, 5.41) is 0. The number of hydrogen-bond acceptors (Lipinski definition) is 3. The molecule has 0 radical (unpaired) electrons. The summed E-state index contributed by atoms with van der Waals surface area (Å²) in [6, 6.07) is 9.32. The highest BCUT2D eigenvalue weighted by Crippen LogP contribution is 2.03. The normalized spacial score (nSPS) is 12.5. The number of nitrogens with two attached hydrogens (primary N) is 1. The molecule has 0 fully saturated rings. The SMILES string of the molecule is CC(C)OCCN(C)C(=O)[C@@H](N)Cc1ccccc1. The maximum atomic E-state index is 12.1. The van der Waals surface area contributed by atoms with Crippen molar-refractivity contribution in [2.75, 3.05) is 20.2 Å². The number of likely N-dealkylation sites (N-methyl/N-ethyl adjacent to an activating group) is 1. The smallest absolute Gasteiger partial charge is 0.239 e. The van der Waals surface area contributed by atoms with Crippen LogP contribution in [0, 0.1) is 0 Å². The number of rotatable bonds is 7. The van der Waals surface area contributed by atoms with Gasteiger partial charge in [-0.3, -0.25) is 4.79 Å². The van der Waals surface area contributed by atoms with Gasteiger partial charge in [-0.15, -0.1) is 0 Å². The highest BCUT2D eigenvalue weighted by atomic mass is 16.5. The molecular weight excluding hydrogens is 240 g/mol. The van der Waals surface area contributed by atoms with E-state index in [-0.39, 0.29) is 12.0 Å². The number of hydrogen-bond donors (Lipinski definition) is 1. The average molecular weight is 264 g/mol. The lowest BCUT2D eigenvalue weighted by atomic mass is 10.1. The predicted octanol–water partition coefficient (Wildman–Crippen LogP) is 1.44. The summed E-state index contributed by atoms with van der Waals surface area (Å²) in [4.78, 5) is 13.7. The van der Waals surface area contributed by atoms with Gasteiger partial charge in [-0.2, -0.15) is 0 Å². The lowest BCUT2D eigenvalue weighted by molar-refractivity contribution is -0.132. The molecule has 1 rings (SSSR count). The number of carbonyl (C=O) groups is 1. The summed E-state index contributed by atoms with van der Waals surface area (Å²) in [6.45, 7) is 5.06. The lowest BCUT2D eigenvalue weighted by Crippen LogP contribution is -2.44. The molecule has 1 aromatic carbocycles. The van der Waals surface area contributed by atoms with Gasteiger partial charge in [0, 0.05) is 13.6 Å². The second kappa shape index (κ2) is 7.92. The van der Waals surface area contributed by atoms with Gasteiger partial charge in [0.15, 0.2) is 0 Å². The third-order valence-corrected chi connectivity index (χ3v) is 2.87. The predicted molar refractivity (Wildman–Crippen MR) is 76.8 cm³/mol. The molecule has 0 heterocycles. The van der Waals surface area contributed by atoms with Gasteiger partial charge in [-0.1, -0.05) is 30.3 Å². The summed E-state index contributed by atoms with van der Waals surface area (Å²) in [5.41, 5.74) is 7.03. The summed E-state index contributed by atoms with van der Waals surface area (Å²) < 4.78 is 5.43. The Morgan fingerprint density at radius 2 is 1.95 bits per heavy atom. The molecule has 0 saturated carbocycles. The van der Waals surface area contributed by atoms with Crippen LogP contribution in [0.1, 0.15) is 19.4 Å². The van der Waals surface area contributed by atoms with Crippen molar-refractivity contribution in [3.63, 3.8) is 0 Å². The minimum absolute atomic E-state index is 0.0452. The van der Waals surface area contributed by atoms with Crippen LogP contribution in [0.15, 0.2) is 30.3 Å². The van der Waals surface area contributed by atoms with Gasteiger partial charge in [-0.05, 0) is 25.8 Å². The number of carbonyl (C=O) groups excluding carboxylic acids is 1. The minimum Gasteiger partial charge on any atom is -0.377 e. The first-order valence-electron chi connectivity index (χ1n) is 6.66. The minimum atomic E-state index is -0.494. The van der Waals surface area contributed by atoms with E-state index in [9.17, 15) is 4.79 Å². The Morgan fingerprint density at radius 1 is 1.32 bits per heavy atom. The van der Waals surface area contributed by atoms with Gasteiger partial charge in [-0.25, -0.2) is 0 Å². The fourth-order valence-corrected chi connectivity index (χ4v) is 1.77. The molecule has 1 aromatic rings. The quantitative estimate of drug-likeness (QED) is 0.810. The van der Waals surface area contributed by atoms with Crippen LogP contribution in [0.4, 0.5) is 0 Å². The van der Waals surface area contributed by atoms with Crippen LogP contribution in [0.25, 0.3) is 0 Å². The molecule has 0 spiro atoms. The lowest BCUT2D eigenvalue weighted by Gasteiger charge is -2.21. The van der Waals surface area contributed by atoms with Gasteiger partial charge in [0.2, 0.25) is 5.91 Å². The second-order valence-electron chi connectivity index (χ2n) is 4.98. The summed E-state index contributed by atoms with van der Waals surface area (Å²) >= 11 is 0. The molecule has 0 aromatic heterocycles. The van der Waals surface area contributed by atoms with E-state index in [1.165, 1.54) is 0 Å². The second-order valence-corrected chi connectivity index (χ2v) is 4.98. The molecule has 0 aliphatic heterocycles. The van der Waals surface area contributed by atoms with Crippen molar-refractivity contribution in [2.24, 2.45) is 5.73 Å². The van der Waals surface area contributed by atoms with E-state index in [1.54, 1.807) is 11.9 Å². The maximum absolute atomic E-state index is 12.1. The van der Waals surface area contributed by atoms with Gasteiger partial charge < -0.3 is 15.4 Å². The average Bonchev–Trinajstić information content (AvgIpc) is 2.38. The van der Waals surface area contributed by atoms with E-state index in [0.717, 1.165) is 5.56 Å². The molecule has 0 aliphatic carbocycles. The van der Waals surface area contributed by atoms with Crippen LogP contribution in [0.2, 0.25) is 0 Å². The number of amides is 1. The number of nitrogens with zero attached hydrogens (tertiary/aromatic N) is 1. The zero-order valence-corrected chi connectivity index (χ0v) is 12.0. The summed E-state index contributed by atoms with van der Waals surface area (Å²) in [6.07, 6.45) is 0.746. The van der Waals surface area contributed by atoms with Crippen molar-refractivity contribution in [1.82, 2.24) is 4.90 Å². The maximum Gasteiger partial charge on any atom is 0.239 e. The topological polar surface area (TPSA) is 55.6 Å². The molecule has 0 unspecified atom stereocenters. The van der Waals surface area contributed by atoms with Crippen molar-refractivity contribution >= 4 is 5.91 Å². The van der Waals surface area contributed by atoms with E-state index in [4.69, 9.17) is 10.5 Å². The Balaban J connectivity index is 2.39. The zero-order valence-electron chi connectivity index (χ0n) is 12.0. The largest absolute Gasteiger partial charge is 0.377 e. The Morgan fingerprint density at radius 3 is 2.53 bits per heavy atom. The van der Waals surface area contributed by atoms with Gasteiger partial charge >= 0.3 is 0 Å². The van der Waals surface area contributed by atoms with Crippen LogP contribution in [0.3, 0.4) is 0 Å². The molecule has 2 N–H and O–H groups in total. The van der Waals surface area contributed by atoms with E-state index < -0.39 is 6.04 Å². The van der Waals surface area contributed by atoms with Gasteiger partial charge in [0.25, 0.3) is 0 Å². The number of ether oxygens (including phenoxy) is 1. The highest BCUT2D eigenvalue weighted by Gasteiger charge is 2.18. The van der Waals surface area contributed by atoms with Crippen molar-refractivity contribution in [3.05, 3.63) is 35.9 Å². The molecule has 4 nitrogen and oxygen atoms in total. The van der Waals surface area contributed by atoms with Gasteiger partial charge in [0.05, 0.1) is 18.8 Å². The van der Waals surface area contributed by atoms with E-state index in [0.29, 0.717) is 19.6 Å². The van der Waals surface area contributed by atoms with E-state index >= 15 is 0 Å². The molecule has 4 heteroatoms. The monoisotopic (exact) mass is 264 g/mol.